The number of nitrogens with zero attached hydrogens (tertiary/aromatic N) is 3. The van der Waals surface area contributed by atoms with Gasteiger partial charge in [0, 0.05) is 18.1 Å². The van der Waals surface area contributed by atoms with E-state index >= 15 is 0 Å². The van der Waals surface area contributed by atoms with Gasteiger partial charge in [0.05, 0.1) is 5.75 Å². The molecule has 106 valence electrons. The number of aromatic amines is 1. The molecule has 0 fully saturated rings. The van der Waals surface area contributed by atoms with Gasteiger partial charge >= 0.3 is 0 Å². The Kier molecular flexibility index (Phi) is 5.02. The molecule has 8 heteroatoms. The molecule has 0 aliphatic carbocycles. The second-order valence-electron chi connectivity index (χ2n) is 4.13. The summed E-state index contributed by atoms with van der Waals surface area (Å²) < 4.78 is 0.994. The number of halogens is 1. The number of rotatable bonds is 5. The maximum atomic E-state index is 12.0. The Bertz CT molecular complexity index is 603. The molecule has 0 aliphatic heterocycles. The topological polar surface area (TPSA) is 87.9 Å². The number of benzene rings is 1. The minimum Gasteiger partial charge on any atom is -0.368 e. The lowest BCUT2D eigenvalue weighted by atomic mass is 10.2. The van der Waals surface area contributed by atoms with E-state index in [0.717, 1.165) is 10.0 Å². The Balaban J connectivity index is 1.87. The largest absolute Gasteiger partial charge is 0.368 e. The molecule has 2 aromatic rings. The normalized spacial score (nSPS) is 10.5. The minimum atomic E-state index is 0.00845. The first-order valence-corrected chi connectivity index (χ1v) is 7.62. The van der Waals surface area contributed by atoms with Crippen LogP contribution in [0.3, 0.4) is 0 Å². The summed E-state index contributed by atoms with van der Waals surface area (Å²) in [6.07, 6.45) is 0. The summed E-state index contributed by atoms with van der Waals surface area (Å²) in [5.41, 5.74) is 6.49. The fourth-order valence-electron chi connectivity index (χ4n) is 1.53. The maximum Gasteiger partial charge on any atom is 0.233 e. The molecule has 1 aromatic carbocycles. The van der Waals surface area contributed by atoms with Crippen LogP contribution in [-0.4, -0.2) is 38.8 Å². The van der Waals surface area contributed by atoms with Gasteiger partial charge in [-0.05, 0) is 11.6 Å². The van der Waals surface area contributed by atoms with Crippen molar-refractivity contribution in [2.75, 3.05) is 18.5 Å². The second kappa shape index (κ2) is 6.76. The fraction of sp³-hybridized carbons (Fsp3) is 0.250. The predicted molar refractivity (Wildman–Crippen MR) is 82.1 cm³/mol. The molecule has 0 saturated heterocycles. The van der Waals surface area contributed by atoms with Crippen LogP contribution in [-0.2, 0) is 11.3 Å². The molecule has 1 amide bonds. The summed E-state index contributed by atoms with van der Waals surface area (Å²) in [6, 6.07) is 7.83. The molecular weight excluding hydrogens is 342 g/mol. The van der Waals surface area contributed by atoms with Gasteiger partial charge in [-0.3, -0.25) is 4.79 Å². The zero-order chi connectivity index (χ0) is 14.5. The van der Waals surface area contributed by atoms with Crippen LogP contribution in [0.4, 0.5) is 5.95 Å². The molecule has 1 aromatic heterocycles. The number of amides is 1. The molecule has 2 rings (SSSR count). The summed E-state index contributed by atoms with van der Waals surface area (Å²) in [7, 11) is 1.77. The van der Waals surface area contributed by atoms with Crippen LogP contribution in [0.1, 0.15) is 5.56 Å². The molecule has 0 bridgehead atoms. The van der Waals surface area contributed by atoms with Crippen molar-refractivity contribution in [3.8, 4) is 0 Å². The highest BCUT2D eigenvalue weighted by atomic mass is 79.9. The van der Waals surface area contributed by atoms with E-state index in [0.29, 0.717) is 11.7 Å². The fourth-order valence-corrected chi connectivity index (χ4v) is 2.69. The van der Waals surface area contributed by atoms with Crippen LogP contribution >= 0.6 is 27.7 Å². The highest BCUT2D eigenvalue weighted by molar-refractivity contribution is 9.10. The first-order chi connectivity index (χ1) is 9.56. The molecule has 0 aliphatic rings. The van der Waals surface area contributed by atoms with Gasteiger partial charge in [0.15, 0.2) is 0 Å². The summed E-state index contributed by atoms with van der Waals surface area (Å²) >= 11 is 4.73. The van der Waals surface area contributed by atoms with Gasteiger partial charge in [-0.15, -0.1) is 5.10 Å². The molecule has 0 radical (unpaired) electrons. The van der Waals surface area contributed by atoms with E-state index < -0.39 is 0 Å². The van der Waals surface area contributed by atoms with Crippen molar-refractivity contribution < 1.29 is 4.79 Å². The molecule has 0 saturated carbocycles. The third-order valence-corrected chi connectivity index (χ3v) is 4.20. The lowest BCUT2D eigenvalue weighted by molar-refractivity contribution is -0.127. The van der Waals surface area contributed by atoms with E-state index in [2.05, 4.69) is 31.1 Å². The van der Waals surface area contributed by atoms with Crippen molar-refractivity contribution in [3.05, 3.63) is 34.3 Å². The maximum absolute atomic E-state index is 12.0. The van der Waals surface area contributed by atoms with Crippen LogP contribution in [0.2, 0.25) is 0 Å². The third-order valence-electron chi connectivity index (χ3n) is 2.60. The Morgan fingerprint density at radius 1 is 1.50 bits per heavy atom. The summed E-state index contributed by atoms with van der Waals surface area (Å²) in [4.78, 5) is 17.6. The summed E-state index contributed by atoms with van der Waals surface area (Å²) in [6.45, 7) is 0.553. The number of hydrogen-bond donors (Lipinski definition) is 2. The quantitative estimate of drug-likeness (QED) is 0.799. The first-order valence-electron chi connectivity index (χ1n) is 5.84. The van der Waals surface area contributed by atoms with E-state index in [1.54, 1.807) is 11.9 Å². The van der Waals surface area contributed by atoms with Crippen molar-refractivity contribution in [3.63, 3.8) is 0 Å². The van der Waals surface area contributed by atoms with Crippen LogP contribution in [0.25, 0.3) is 0 Å². The van der Waals surface area contributed by atoms with Crippen LogP contribution < -0.4 is 5.73 Å². The van der Waals surface area contributed by atoms with Crippen LogP contribution in [0.5, 0.6) is 0 Å². The van der Waals surface area contributed by atoms with E-state index in [9.17, 15) is 4.79 Å². The summed E-state index contributed by atoms with van der Waals surface area (Å²) in [5.74, 6) is 0.536. The number of nitrogens with one attached hydrogen (secondary N) is 1. The average Bonchev–Trinajstić information content (AvgIpc) is 2.84. The van der Waals surface area contributed by atoms with Crippen molar-refractivity contribution in [2.24, 2.45) is 0 Å². The van der Waals surface area contributed by atoms with Crippen molar-refractivity contribution in [1.29, 1.82) is 0 Å². The van der Waals surface area contributed by atoms with Crippen LogP contribution in [0, 0.1) is 0 Å². The molecule has 6 nitrogen and oxygen atoms in total. The molecule has 0 spiro atoms. The van der Waals surface area contributed by atoms with Gasteiger partial charge in [0.25, 0.3) is 0 Å². The lowest BCUT2D eigenvalue weighted by Crippen LogP contribution is -2.27. The van der Waals surface area contributed by atoms with Gasteiger partial charge < -0.3 is 10.6 Å². The van der Waals surface area contributed by atoms with Crippen molar-refractivity contribution in [2.45, 2.75) is 11.7 Å². The van der Waals surface area contributed by atoms with Gasteiger partial charge in [-0.2, -0.15) is 4.98 Å². The number of aromatic nitrogens is 3. The number of anilines is 1. The van der Waals surface area contributed by atoms with Crippen molar-refractivity contribution in [1.82, 2.24) is 20.1 Å². The molecule has 20 heavy (non-hydrogen) atoms. The van der Waals surface area contributed by atoms with E-state index in [1.807, 2.05) is 24.3 Å². The first kappa shape index (κ1) is 14.9. The lowest BCUT2D eigenvalue weighted by Gasteiger charge is -2.17. The monoisotopic (exact) mass is 355 g/mol. The average molecular weight is 356 g/mol. The van der Waals surface area contributed by atoms with Gasteiger partial charge in [0.1, 0.15) is 0 Å². The van der Waals surface area contributed by atoms with Gasteiger partial charge in [-0.1, -0.05) is 45.9 Å². The Labute approximate surface area is 129 Å². The smallest absolute Gasteiger partial charge is 0.233 e. The minimum absolute atomic E-state index is 0.00845. The van der Waals surface area contributed by atoms with Crippen LogP contribution in [0.15, 0.2) is 33.9 Å². The van der Waals surface area contributed by atoms with E-state index in [1.165, 1.54) is 11.8 Å². The molecule has 1 heterocycles. The number of nitrogens with two attached hydrogens (primary N) is 1. The van der Waals surface area contributed by atoms with Gasteiger partial charge in [-0.25, -0.2) is 5.10 Å². The van der Waals surface area contributed by atoms with E-state index in [-0.39, 0.29) is 17.6 Å². The summed E-state index contributed by atoms with van der Waals surface area (Å²) in [5, 5.41) is 6.88. The highest BCUT2D eigenvalue weighted by Gasteiger charge is 2.12. The Morgan fingerprint density at radius 2 is 2.25 bits per heavy atom. The second-order valence-corrected chi connectivity index (χ2v) is 5.93. The number of carbonyl (C=O) groups excluding carboxylic acids is 1. The number of hydrogen-bond acceptors (Lipinski definition) is 5. The number of nitrogen functional groups attached to an aromatic ring is 1. The number of thioether (sulfide) groups is 1. The highest BCUT2D eigenvalue weighted by Crippen LogP contribution is 2.18. The standard InChI is InChI=1S/C12H14BrN5OS/c1-18(6-8-4-2-3-5-9(8)13)10(19)7-20-12-15-11(14)16-17-12/h2-5H,6-7H2,1H3,(H3,14,15,16,17). The molecule has 0 unspecified atom stereocenters. The SMILES string of the molecule is CN(Cc1ccccc1Br)C(=O)CSc1n[nH]c(N)n1. The zero-order valence-corrected chi connectivity index (χ0v) is 13.2. The molecule has 0 atom stereocenters. The predicted octanol–water partition coefficient (Wildman–Crippen LogP) is 1.90. The molecule has 3 N–H and O–H groups in total. The number of H-pyrrole nitrogens is 1. The Hall–Kier alpha value is -1.54. The zero-order valence-electron chi connectivity index (χ0n) is 10.8. The van der Waals surface area contributed by atoms with E-state index in [4.69, 9.17) is 5.73 Å². The molecular formula is C12H14BrN5OS. The number of carbonyl (C=O) groups is 1. The van der Waals surface area contributed by atoms with Gasteiger partial charge in [0.2, 0.25) is 17.0 Å². The van der Waals surface area contributed by atoms with Crippen molar-refractivity contribution >= 4 is 39.5 Å². The Morgan fingerprint density at radius 3 is 2.90 bits per heavy atom. The third kappa shape index (κ3) is 3.97.